The molecule has 0 saturated carbocycles. The van der Waals surface area contributed by atoms with E-state index in [9.17, 15) is 4.79 Å². The SMILES string of the molecule is CN(CCSCc1ccccc1)Cc1nnc2n1CCNC2=O. The number of rotatable bonds is 7. The highest BCUT2D eigenvalue weighted by Gasteiger charge is 2.22. The van der Waals surface area contributed by atoms with Crippen LogP contribution < -0.4 is 5.32 Å². The Balaban J connectivity index is 1.45. The summed E-state index contributed by atoms with van der Waals surface area (Å²) < 4.78 is 1.92. The molecule has 1 aromatic carbocycles. The summed E-state index contributed by atoms with van der Waals surface area (Å²) in [4.78, 5) is 13.9. The number of hydrogen-bond donors (Lipinski definition) is 1. The third-order valence-corrected chi connectivity index (χ3v) is 4.80. The zero-order valence-corrected chi connectivity index (χ0v) is 14.1. The van der Waals surface area contributed by atoms with Crippen LogP contribution in [0.1, 0.15) is 22.0 Å². The van der Waals surface area contributed by atoms with Gasteiger partial charge in [0, 0.05) is 31.1 Å². The van der Waals surface area contributed by atoms with Crippen molar-refractivity contribution >= 4 is 17.7 Å². The molecule has 1 aliphatic rings. The monoisotopic (exact) mass is 331 g/mol. The molecule has 1 N–H and O–H groups in total. The van der Waals surface area contributed by atoms with Gasteiger partial charge in [0.25, 0.3) is 5.91 Å². The molecular formula is C16H21N5OS. The second-order valence-corrected chi connectivity index (χ2v) is 6.73. The van der Waals surface area contributed by atoms with E-state index in [2.05, 4.69) is 51.7 Å². The molecule has 0 bridgehead atoms. The zero-order chi connectivity index (χ0) is 16.1. The lowest BCUT2D eigenvalue weighted by Gasteiger charge is -2.19. The molecule has 0 unspecified atom stereocenters. The van der Waals surface area contributed by atoms with Gasteiger partial charge in [0.2, 0.25) is 5.82 Å². The highest BCUT2D eigenvalue weighted by atomic mass is 32.2. The van der Waals surface area contributed by atoms with E-state index in [-0.39, 0.29) is 5.91 Å². The average Bonchev–Trinajstić information content (AvgIpc) is 2.97. The van der Waals surface area contributed by atoms with E-state index < -0.39 is 0 Å². The summed E-state index contributed by atoms with van der Waals surface area (Å²) in [7, 11) is 2.08. The van der Waals surface area contributed by atoms with E-state index in [0.717, 1.165) is 30.4 Å². The number of thioether (sulfide) groups is 1. The molecular weight excluding hydrogens is 310 g/mol. The lowest BCUT2D eigenvalue weighted by atomic mass is 10.2. The van der Waals surface area contributed by atoms with Gasteiger partial charge in [-0.25, -0.2) is 0 Å². The molecule has 23 heavy (non-hydrogen) atoms. The number of fused-ring (bicyclic) bond motifs is 1. The molecule has 0 fully saturated rings. The van der Waals surface area contributed by atoms with Crippen LogP contribution in [0, 0.1) is 0 Å². The number of amides is 1. The minimum absolute atomic E-state index is 0.129. The largest absolute Gasteiger partial charge is 0.348 e. The van der Waals surface area contributed by atoms with Crippen LogP contribution in [0.25, 0.3) is 0 Å². The van der Waals surface area contributed by atoms with Gasteiger partial charge >= 0.3 is 0 Å². The standard InChI is InChI=1S/C16H21N5OS/c1-20(9-10-23-12-13-5-3-2-4-6-13)11-14-18-19-15-16(22)17-7-8-21(14)15/h2-6H,7-12H2,1H3,(H,17,22). The molecule has 0 saturated heterocycles. The van der Waals surface area contributed by atoms with E-state index >= 15 is 0 Å². The van der Waals surface area contributed by atoms with Gasteiger partial charge in [-0.1, -0.05) is 30.3 Å². The van der Waals surface area contributed by atoms with E-state index in [1.165, 1.54) is 5.56 Å². The quantitative estimate of drug-likeness (QED) is 0.777. The molecule has 1 aliphatic heterocycles. The van der Waals surface area contributed by atoms with Crippen LogP contribution in [0.2, 0.25) is 0 Å². The lowest BCUT2D eigenvalue weighted by molar-refractivity contribution is 0.0920. The molecule has 122 valence electrons. The summed E-state index contributed by atoms with van der Waals surface area (Å²) in [5.41, 5.74) is 1.36. The highest BCUT2D eigenvalue weighted by molar-refractivity contribution is 7.98. The molecule has 3 rings (SSSR count). The summed E-state index contributed by atoms with van der Waals surface area (Å²) in [6.45, 7) is 3.09. The fourth-order valence-corrected chi connectivity index (χ4v) is 3.53. The number of benzene rings is 1. The molecule has 2 aromatic rings. The predicted molar refractivity (Wildman–Crippen MR) is 91.3 cm³/mol. The van der Waals surface area contributed by atoms with Crippen molar-refractivity contribution in [3.8, 4) is 0 Å². The Morgan fingerprint density at radius 3 is 2.96 bits per heavy atom. The maximum atomic E-state index is 11.7. The third-order valence-electron chi connectivity index (χ3n) is 3.79. The number of nitrogens with zero attached hydrogens (tertiary/aromatic N) is 4. The Bertz CT molecular complexity index is 658. The highest BCUT2D eigenvalue weighted by Crippen LogP contribution is 2.12. The average molecular weight is 331 g/mol. The fraction of sp³-hybridized carbons (Fsp3) is 0.438. The Morgan fingerprint density at radius 2 is 2.13 bits per heavy atom. The predicted octanol–water partition coefficient (Wildman–Crippen LogP) is 1.39. The summed E-state index contributed by atoms with van der Waals surface area (Å²) in [5.74, 6) is 3.27. The van der Waals surface area contributed by atoms with Crippen LogP contribution in [-0.2, 0) is 18.8 Å². The Hall–Kier alpha value is -1.86. The van der Waals surface area contributed by atoms with Crippen molar-refractivity contribution in [1.82, 2.24) is 25.0 Å². The van der Waals surface area contributed by atoms with Crippen molar-refractivity contribution in [2.24, 2.45) is 0 Å². The molecule has 0 radical (unpaired) electrons. The number of carbonyl (C=O) groups is 1. The van der Waals surface area contributed by atoms with Gasteiger partial charge in [-0.05, 0) is 12.6 Å². The van der Waals surface area contributed by atoms with Crippen LogP contribution in [-0.4, -0.2) is 51.5 Å². The van der Waals surface area contributed by atoms with E-state index in [0.29, 0.717) is 18.9 Å². The van der Waals surface area contributed by atoms with Gasteiger partial charge < -0.3 is 9.88 Å². The van der Waals surface area contributed by atoms with Gasteiger partial charge in [0.05, 0.1) is 6.54 Å². The van der Waals surface area contributed by atoms with Crippen molar-refractivity contribution in [1.29, 1.82) is 0 Å². The molecule has 0 atom stereocenters. The lowest BCUT2D eigenvalue weighted by Crippen LogP contribution is -2.36. The Morgan fingerprint density at radius 1 is 1.30 bits per heavy atom. The van der Waals surface area contributed by atoms with Crippen molar-refractivity contribution in [2.75, 3.05) is 25.9 Å². The van der Waals surface area contributed by atoms with Gasteiger partial charge in [0.1, 0.15) is 5.82 Å². The minimum atomic E-state index is -0.129. The molecule has 2 heterocycles. The third kappa shape index (κ3) is 4.11. The number of nitrogens with one attached hydrogen (secondary N) is 1. The van der Waals surface area contributed by atoms with Crippen LogP contribution in [0.5, 0.6) is 0 Å². The maximum Gasteiger partial charge on any atom is 0.289 e. The van der Waals surface area contributed by atoms with Crippen LogP contribution in [0.4, 0.5) is 0 Å². The maximum absolute atomic E-state index is 11.7. The molecule has 1 aromatic heterocycles. The number of aromatic nitrogens is 3. The van der Waals surface area contributed by atoms with Crippen LogP contribution in [0.3, 0.4) is 0 Å². The van der Waals surface area contributed by atoms with Crippen molar-refractivity contribution < 1.29 is 4.79 Å². The van der Waals surface area contributed by atoms with Gasteiger partial charge in [-0.3, -0.25) is 9.69 Å². The molecule has 1 amide bonds. The molecule has 6 nitrogen and oxygen atoms in total. The number of carbonyl (C=O) groups excluding carboxylic acids is 1. The van der Waals surface area contributed by atoms with Crippen LogP contribution in [0.15, 0.2) is 30.3 Å². The summed E-state index contributed by atoms with van der Waals surface area (Å²) in [6, 6.07) is 10.5. The first kappa shape index (κ1) is 16.0. The van der Waals surface area contributed by atoms with Crippen LogP contribution >= 0.6 is 11.8 Å². The molecule has 7 heteroatoms. The minimum Gasteiger partial charge on any atom is -0.348 e. The second-order valence-electron chi connectivity index (χ2n) is 5.62. The normalized spacial score (nSPS) is 13.9. The topological polar surface area (TPSA) is 63.1 Å². The molecule has 0 aliphatic carbocycles. The first-order chi connectivity index (χ1) is 11.2. The first-order valence-electron chi connectivity index (χ1n) is 7.74. The summed E-state index contributed by atoms with van der Waals surface area (Å²) >= 11 is 1.93. The van der Waals surface area contributed by atoms with Crippen molar-refractivity contribution in [3.63, 3.8) is 0 Å². The first-order valence-corrected chi connectivity index (χ1v) is 8.90. The van der Waals surface area contributed by atoms with Gasteiger partial charge in [-0.15, -0.1) is 10.2 Å². The van der Waals surface area contributed by atoms with E-state index in [1.54, 1.807) is 0 Å². The summed E-state index contributed by atoms with van der Waals surface area (Å²) in [5, 5.41) is 10.9. The van der Waals surface area contributed by atoms with Crippen molar-refractivity contribution in [2.45, 2.75) is 18.8 Å². The second kappa shape index (κ2) is 7.61. The van der Waals surface area contributed by atoms with Gasteiger partial charge in [-0.2, -0.15) is 11.8 Å². The summed E-state index contributed by atoms with van der Waals surface area (Å²) in [6.07, 6.45) is 0. The number of hydrogen-bond acceptors (Lipinski definition) is 5. The van der Waals surface area contributed by atoms with Crippen molar-refractivity contribution in [3.05, 3.63) is 47.5 Å². The van der Waals surface area contributed by atoms with Gasteiger partial charge in [0.15, 0.2) is 0 Å². The van der Waals surface area contributed by atoms with E-state index in [4.69, 9.17) is 0 Å². The smallest absolute Gasteiger partial charge is 0.289 e. The fourth-order valence-electron chi connectivity index (χ4n) is 2.52. The van der Waals surface area contributed by atoms with E-state index in [1.807, 2.05) is 22.4 Å². The Labute approximate surface area is 140 Å². The zero-order valence-electron chi connectivity index (χ0n) is 13.2. The molecule has 0 spiro atoms. The Kier molecular flexibility index (Phi) is 5.30.